The molecule has 230 valence electrons. The number of aromatic amines is 1. The predicted octanol–water partition coefficient (Wildman–Crippen LogP) is -3.49. The molecule has 2 aliphatic rings. The van der Waals surface area contributed by atoms with Crippen LogP contribution >= 0.6 is 15.6 Å². The van der Waals surface area contributed by atoms with Gasteiger partial charge in [0, 0.05) is 6.92 Å². The highest BCUT2D eigenvalue weighted by Gasteiger charge is 2.52. The van der Waals surface area contributed by atoms with Crippen LogP contribution in [-0.4, -0.2) is 106 Å². The van der Waals surface area contributed by atoms with Crippen molar-refractivity contribution >= 4 is 38.7 Å². The van der Waals surface area contributed by atoms with E-state index >= 15 is 0 Å². The van der Waals surface area contributed by atoms with E-state index in [9.17, 15) is 33.8 Å². The number of nitrogen functional groups attached to an aromatic ring is 1. The molecule has 11 N–H and O–H groups in total. The summed E-state index contributed by atoms with van der Waals surface area (Å²) in [6.45, 7) is 1.75. The maximum atomic E-state index is 12.3. The van der Waals surface area contributed by atoms with Crippen LogP contribution in [0.5, 0.6) is 0 Å². The van der Waals surface area contributed by atoms with E-state index in [4.69, 9.17) is 35.5 Å². The van der Waals surface area contributed by atoms with Gasteiger partial charge in [0.1, 0.15) is 24.4 Å². The number of phosphoric acid groups is 2. The first-order valence-corrected chi connectivity index (χ1v) is 14.8. The highest BCUT2D eigenvalue weighted by Crippen LogP contribution is 2.57. The van der Waals surface area contributed by atoms with Gasteiger partial charge in [-0.2, -0.15) is 9.29 Å². The number of nitrogens with zero attached hydrogens (tertiary/aromatic N) is 3. The fourth-order valence-electron chi connectivity index (χ4n) is 4.41. The topological polar surface area (TPSA) is 326 Å². The Balaban J connectivity index is 1.68. The van der Waals surface area contributed by atoms with Gasteiger partial charge in [0.2, 0.25) is 11.9 Å². The molecule has 2 aromatic rings. The summed E-state index contributed by atoms with van der Waals surface area (Å²) in [5.74, 6) is -0.856. The van der Waals surface area contributed by atoms with E-state index in [2.05, 4.69) is 29.1 Å². The van der Waals surface area contributed by atoms with Crippen molar-refractivity contribution in [2.75, 3.05) is 12.3 Å². The van der Waals surface area contributed by atoms with Gasteiger partial charge >= 0.3 is 15.6 Å². The summed E-state index contributed by atoms with van der Waals surface area (Å²) in [5, 5.41) is 24.3. The number of carbonyl (C=O) groups is 1. The lowest BCUT2D eigenvalue weighted by Gasteiger charge is -2.43. The number of rotatable bonds is 9. The van der Waals surface area contributed by atoms with Crippen LogP contribution in [0.1, 0.15) is 20.1 Å². The van der Waals surface area contributed by atoms with E-state index in [1.54, 1.807) is 0 Å². The zero-order valence-corrected chi connectivity index (χ0v) is 23.1. The highest BCUT2D eigenvalue weighted by atomic mass is 31.3. The zero-order valence-electron chi connectivity index (χ0n) is 21.3. The van der Waals surface area contributed by atoms with E-state index in [1.165, 1.54) is 13.8 Å². The molecule has 41 heavy (non-hydrogen) atoms. The lowest BCUT2D eigenvalue weighted by atomic mass is 9.95. The van der Waals surface area contributed by atoms with E-state index < -0.39 is 88.8 Å². The molecule has 0 spiro atoms. The quantitative estimate of drug-likeness (QED) is 0.121. The number of anilines is 1. The molecule has 2 saturated heterocycles. The third-order valence-corrected chi connectivity index (χ3v) is 8.41. The number of nitrogens with two attached hydrogens (primary N) is 2. The Morgan fingerprint density at radius 1 is 1.24 bits per heavy atom. The maximum absolute atomic E-state index is 12.3. The minimum absolute atomic E-state index is 0.116. The Morgan fingerprint density at radius 3 is 2.56 bits per heavy atom. The normalized spacial score (nSPS) is 34.0. The number of hydrogen-bond acceptors (Lipinski definition) is 15. The summed E-state index contributed by atoms with van der Waals surface area (Å²) in [5.41, 5.74) is 10.6. The van der Waals surface area contributed by atoms with Crippen LogP contribution in [0, 0.1) is 0 Å². The number of aromatic nitrogens is 4. The highest BCUT2D eigenvalue weighted by molar-refractivity contribution is 7.60. The van der Waals surface area contributed by atoms with Crippen molar-refractivity contribution in [1.82, 2.24) is 24.8 Å². The molecule has 0 saturated carbocycles. The molecule has 23 heteroatoms. The Hall–Kier alpha value is -2.36. The molecular formula is C18H29N7O14P2. The van der Waals surface area contributed by atoms with Crippen molar-refractivity contribution < 1.29 is 61.9 Å². The van der Waals surface area contributed by atoms with Crippen molar-refractivity contribution in [2.24, 2.45) is 5.73 Å². The fourth-order valence-corrected chi connectivity index (χ4v) is 6.01. The van der Waals surface area contributed by atoms with Crippen LogP contribution in [0.15, 0.2) is 11.1 Å². The van der Waals surface area contributed by atoms with Crippen LogP contribution in [0.25, 0.3) is 11.2 Å². The predicted molar refractivity (Wildman–Crippen MR) is 132 cm³/mol. The molecule has 0 bridgehead atoms. The number of ether oxygens (including phenoxy) is 3. The standard InChI is InChI=1S/C18H29N7O14P2/c1-5-8(19)12(28)9(22-6(2)26)17(36-5)38-13-11(27)7(3-35-41(33,34)39-40(30,31)32)37-16(13)25-4-21-10-14(25)23-18(20)24-15(10)29/h4-5,7-9,11-13,16-17,27-28H,3,19H2,1-2H3,(H,22,26)(H,33,34)(H2,30,31,32)(H3,20,23,24,29)/t5-,7-,8+,9+,11-,12+,13-,16-,17-/m1/s1. The van der Waals surface area contributed by atoms with Crippen LogP contribution in [0.2, 0.25) is 0 Å². The molecule has 10 atom stereocenters. The average Bonchev–Trinajstić information content (AvgIpc) is 3.38. The summed E-state index contributed by atoms with van der Waals surface area (Å²) in [6, 6.07) is -2.16. The Bertz CT molecular complexity index is 1430. The van der Waals surface area contributed by atoms with E-state index in [-0.39, 0.29) is 17.1 Å². The van der Waals surface area contributed by atoms with Gasteiger partial charge < -0.3 is 55.9 Å². The summed E-state index contributed by atoms with van der Waals surface area (Å²) >= 11 is 0. The maximum Gasteiger partial charge on any atom is 0.481 e. The number of fused-ring (bicyclic) bond motifs is 1. The van der Waals surface area contributed by atoms with Crippen molar-refractivity contribution in [3.05, 3.63) is 16.7 Å². The molecule has 2 aromatic heterocycles. The number of aliphatic hydroxyl groups excluding tert-OH is 2. The smallest absolute Gasteiger partial charge is 0.389 e. The first-order valence-electron chi connectivity index (χ1n) is 11.8. The van der Waals surface area contributed by atoms with Gasteiger partial charge in [-0.1, -0.05) is 0 Å². The van der Waals surface area contributed by atoms with Crippen molar-refractivity contribution in [2.45, 2.75) is 69.0 Å². The van der Waals surface area contributed by atoms with Gasteiger partial charge in [0.25, 0.3) is 5.56 Å². The van der Waals surface area contributed by atoms with Gasteiger partial charge in [0.15, 0.2) is 23.7 Å². The molecule has 0 aromatic carbocycles. The third-order valence-electron chi connectivity index (χ3n) is 6.26. The van der Waals surface area contributed by atoms with E-state index in [0.29, 0.717) is 0 Å². The molecule has 4 heterocycles. The van der Waals surface area contributed by atoms with Gasteiger partial charge in [-0.3, -0.25) is 23.7 Å². The molecule has 2 aliphatic heterocycles. The third kappa shape index (κ3) is 7.00. The van der Waals surface area contributed by atoms with Crippen LogP contribution in [0.3, 0.4) is 0 Å². The Morgan fingerprint density at radius 2 is 1.93 bits per heavy atom. The van der Waals surface area contributed by atoms with Crippen molar-refractivity contribution in [3.63, 3.8) is 0 Å². The Labute approximate surface area is 229 Å². The van der Waals surface area contributed by atoms with Crippen LogP contribution in [-0.2, 0) is 37.0 Å². The zero-order chi connectivity index (χ0) is 30.4. The lowest BCUT2D eigenvalue weighted by Crippen LogP contribution is -2.66. The molecule has 21 nitrogen and oxygen atoms in total. The summed E-state index contributed by atoms with van der Waals surface area (Å²) in [4.78, 5) is 61.7. The van der Waals surface area contributed by atoms with Crippen molar-refractivity contribution in [3.8, 4) is 0 Å². The average molecular weight is 629 g/mol. The fraction of sp³-hybridized carbons (Fsp3) is 0.667. The number of hydrogen-bond donors (Lipinski definition) is 9. The summed E-state index contributed by atoms with van der Waals surface area (Å²) in [6.07, 6.45) is -8.68. The molecule has 1 amide bonds. The monoisotopic (exact) mass is 629 g/mol. The summed E-state index contributed by atoms with van der Waals surface area (Å²) in [7, 11) is -10.8. The number of nitrogens with one attached hydrogen (secondary N) is 2. The van der Waals surface area contributed by atoms with Gasteiger partial charge in [-0.05, 0) is 6.92 Å². The minimum Gasteiger partial charge on any atom is -0.389 e. The second kappa shape index (κ2) is 11.7. The molecule has 0 aliphatic carbocycles. The lowest BCUT2D eigenvalue weighted by molar-refractivity contribution is -0.264. The van der Waals surface area contributed by atoms with Crippen LogP contribution in [0.4, 0.5) is 5.95 Å². The van der Waals surface area contributed by atoms with Gasteiger partial charge in [-0.25, -0.2) is 14.1 Å². The van der Waals surface area contributed by atoms with E-state index in [0.717, 1.165) is 10.9 Å². The molecule has 0 radical (unpaired) electrons. The van der Waals surface area contributed by atoms with Crippen molar-refractivity contribution in [1.29, 1.82) is 0 Å². The van der Waals surface area contributed by atoms with Gasteiger partial charge in [-0.15, -0.1) is 0 Å². The molecule has 4 rings (SSSR count). The Kier molecular flexibility index (Phi) is 9.03. The summed E-state index contributed by atoms with van der Waals surface area (Å²) < 4.78 is 50.0. The number of aliphatic hydroxyl groups is 2. The second-order valence-corrected chi connectivity index (χ2v) is 12.1. The van der Waals surface area contributed by atoms with E-state index in [1.807, 2.05) is 0 Å². The molecular weight excluding hydrogens is 600 g/mol. The minimum atomic E-state index is -5.44. The number of amides is 1. The van der Waals surface area contributed by atoms with Crippen LogP contribution < -0.4 is 22.3 Å². The number of H-pyrrole nitrogens is 1. The number of imidazole rings is 1. The number of phosphoric ester groups is 1. The van der Waals surface area contributed by atoms with Gasteiger partial charge in [0.05, 0.1) is 31.2 Å². The first kappa shape index (κ1) is 31.6. The first-order chi connectivity index (χ1) is 19.0. The SMILES string of the molecule is CC(=O)N[C@@H]1[C@@H](O[C@@H]2[C@H](O)[C@@H](COP(=O)(O)OP(=O)(O)O)O[C@H]2n2cnc3c(=O)[nH]c(N)nc32)O[C@H](C)[C@H](N)[C@@H]1O. The molecule has 2 fully saturated rings. The second-order valence-electron chi connectivity index (χ2n) is 9.27. The number of carbonyl (C=O) groups excluding carboxylic acids is 1. The largest absolute Gasteiger partial charge is 0.481 e. The molecule has 1 unspecified atom stereocenters.